The van der Waals surface area contributed by atoms with Gasteiger partial charge >= 0.3 is 0 Å². The van der Waals surface area contributed by atoms with E-state index >= 15 is 0 Å². The zero-order chi connectivity index (χ0) is 11.7. The molecule has 1 amide bonds. The third-order valence-corrected chi connectivity index (χ3v) is 2.76. The molecule has 0 radical (unpaired) electrons. The van der Waals surface area contributed by atoms with Gasteiger partial charge in [-0.25, -0.2) is 4.98 Å². The van der Waals surface area contributed by atoms with E-state index in [9.17, 15) is 9.90 Å². The number of hydrogen-bond donors (Lipinski definition) is 3. The largest absolute Gasteiger partial charge is 0.390 e. The number of nitrogens with one attached hydrogen (secondary N) is 2. The highest BCUT2D eigenvalue weighted by molar-refractivity contribution is 5.90. The van der Waals surface area contributed by atoms with Crippen molar-refractivity contribution in [1.82, 2.24) is 25.4 Å². The molecule has 2 rings (SSSR count). The molecule has 1 aliphatic rings. The summed E-state index contributed by atoms with van der Waals surface area (Å²) in [6.07, 6.45) is -0.533. The van der Waals surface area contributed by atoms with E-state index in [0.29, 0.717) is 18.9 Å². The number of nitrogens with zero attached hydrogens (tertiary/aromatic N) is 3. The van der Waals surface area contributed by atoms with Crippen LogP contribution in [0.1, 0.15) is 16.4 Å². The zero-order valence-electron chi connectivity index (χ0n) is 9.27. The molecule has 1 aromatic rings. The Kier molecular flexibility index (Phi) is 2.88. The quantitative estimate of drug-likeness (QED) is 0.570. The van der Waals surface area contributed by atoms with Crippen molar-refractivity contribution in [2.45, 2.75) is 19.1 Å². The first kappa shape index (κ1) is 11.0. The third-order valence-electron chi connectivity index (χ3n) is 2.76. The number of aliphatic hydroxyl groups excluding tert-OH is 1. The van der Waals surface area contributed by atoms with Gasteiger partial charge in [0, 0.05) is 20.1 Å². The van der Waals surface area contributed by atoms with Gasteiger partial charge in [-0.15, -0.1) is 5.10 Å². The Bertz CT molecular complexity index is 391. The summed E-state index contributed by atoms with van der Waals surface area (Å²) >= 11 is 0. The fourth-order valence-corrected chi connectivity index (χ4v) is 1.79. The van der Waals surface area contributed by atoms with Crippen molar-refractivity contribution in [1.29, 1.82) is 0 Å². The maximum absolute atomic E-state index is 11.9. The highest BCUT2D eigenvalue weighted by atomic mass is 16.3. The van der Waals surface area contributed by atoms with Crippen molar-refractivity contribution in [3.63, 3.8) is 0 Å². The van der Waals surface area contributed by atoms with Crippen LogP contribution in [-0.4, -0.2) is 63.4 Å². The average Bonchev–Trinajstić information content (AvgIpc) is 2.85. The van der Waals surface area contributed by atoms with Crippen LogP contribution in [0.25, 0.3) is 0 Å². The summed E-state index contributed by atoms with van der Waals surface area (Å²) in [4.78, 5) is 17.4. The first-order valence-electron chi connectivity index (χ1n) is 5.14. The fraction of sp³-hybridized carbons (Fsp3) is 0.667. The summed E-state index contributed by atoms with van der Waals surface area (Å²) in [6.45, 7) is 2.83. The lowest BCUT2D eigenvalue weighted by Gasteiger charge is -2.25. The van der Waals surface area contributed by atoms with Crippen LogP contribution in [0.2, 0.25) is 0 Å². The van der Waals surface area contributed by atoms with Crippen LogP contribution < -0.4 is 5.32 Å². The Morgan fingerprint density at radius 2 is 2.31 bits per heavy atom. The van der Waals surface area contributed by atoms with Gasteiger partial charge < -0.3 is 15.3 Å². The molecule has 7 nitrogen and oxygen atoms in total. The summed E-state index contributed by atoms with van der Waals surface area (Å²) in [5.41, 5.74) is 0. The Hall–Kier alpha value is -1.47. The van der Waals surface area contributed by atoms with Gasteiger partial charge in [0.15, 0.2) is 0 Å². The number of carbonyl (C=O) groups is 1. The predicted molar refractivity (Wildman–Crippen MR) is 55.9 cm³/mol. The fourth-order valence-electron chi connectivity index (χ4n) is 1.79. The maximum atomic E-state index is 11.9. The van der Waals surface area contributed by atoms with Crippen molar-refractivity contribution < 1.29 is 9.90 Å². The topological polar surface area (TPSA) is 94.1 Å². The van der Waals surface area contributed by atoms with Crippen LogP contribution >= 0.6 is 0 Å². The molecule has 2 atom stereocenters. The molecule has 0 unspecified atom stereocenters. The normalized spacial score (nSPS) is 24.7. The highest BCUT2D eigenvalue weighted by Gasteiger charge is 2.32. The standard InChI is InChI=1S/C9H15N5O2/c1-5-11-8(13-12-5)9(16)14(2)6-3-10-4-7(6)15/h6-7,10,15H,3-4H2,1-2H3,(H,11,12,13)/t6-,7-/m1/s1. The summed E-state index contributed by atoms with van der Waals surface area (Å²) in [5, 5.41) is 19.1. The molecule has 16 heavy (non-hydrogen) atoms. The Morgan fingerprint density at radius 1 is 1.56 bits per heavy atom. The highest BCUT2D eigenvalue weighted by Crippen LogP contribution is 2.09. The summed E-state index contributed by atoms with van der Waals surface area (Å²) in [6, 6.07) is -0.216. The Labute approximate surface area is 92.9 Å². The molecule has 0 bridgehead atoms. The van der Waals surface area contributed by atoms with E-state index in [1.54, 1.807) is 14.0 Å². The Balaban J connectivity index is 2.10. The predicted octanol–water partition coefficient (Wildman–Crippen LogP) is -1.48. The first-order chi connectivity index (χ1) is 7.59. The molecule has 7 heteroatoms. The van der Waals surface area contributed by atoms with E-state index in [1.807, 2.05) is 0 Å². The lowest BCUT2D eigenvalue weighted by atomic mass is 10.2. The molecule has 1 saturated heterocycles. The minimum Gasteiger partial charge on any atom is -0.390 e. The summed E-state index contributed by atoms with van der Waals surface area (Å²) in [5.74, 6) is 0.457. The molecular weight excluding hydrogens is 210 g/mol. The molecule has 0 aromatic carbocycles. The van der Waals surface area contributed by atoms with E-state index in [1.165, 1.54) is 4.90 Å². The molecule has 88 valence electrons. The van der Waals surface area contributed by atoms with Crippen molar-refractivity contribution in [3.05, 3.63) is 11.6 Å². The molecule has 1 fully saturated rings. The van der Waals surface area contributed by atoms with Crippen LogP contribution in [0.4, 0.5) is 0 Å². The number of carbonyl (C=O) groups excluding carboxylic acids is 1. The van der Waals surface area contributed by atoms with E-state index < -0.39 is 6.10 Å². The van der Waals surface area contributed by atoms with Crippen LogP contribution in [0.3, 0.4) is 0 Å². The number of hydrogen-bond acceptors (Lipinski definition) is 5. The van der Waals surface area contributed by atoms with Crippen LogP contribution in [0.5, 0.6) is 0 Å². The molecule has 1 aliphatic heterocycles. The van der Waals surface area contributed by atoms with E-state index in [0.717, 1.165) is 0 Å². The number of H-pyrrole nitrogens is 1. The second-order valence-electron chi connectivity index (χ2n) is 3.95. The molecule has 0 spiro atoms. The molecule has 0 saturated carbocycles. The van der Waals surface area contributed by atoms with Gasteiger partial charge in [0.1, 0.15) is 5.82 Å². The minimum absolute atomic E-state index is 0.138. The lowest BCUT2D eigenvalue weighted by molar-refractivity contribution is 0.0570. The van der Waals surface area contributed by atoms with E-state index in [-0.39, 0.29) is 17.8 Å². The maximum Gasteiger partial charge on any atom is 0.293 e. The van der Waals surface area contributed by atoms with Crippen molar-refractivity contribution in [3.8, 4) is 0 Å². The van der Waals surface area contributed by atoms with Gasteiger partial charge in [-0.2, -0.15) is 0 Å². The van der Waals surface area contributed by atoms with E-state index in [4.69, 9.17) is 0 Å². The van der Waals surface area contributed by atoms with Crippen molar-refractivity contribution in [2.75, 3.05) is 20.1 Å². The van der Waals surface area contributed by atoms with Crippen LogP contribution in [0.15, 0.2) is 0 Å². The number of rotatable bonds is 2. The lowest BCUT2D eigenvalue weighted by Crippen LogP contribution is -2.44. The van der Waals surface area contributed by atoms with Crippen molar-refractivity contribution >= 4 is 5.91 Å². The van der Waals surface area contributed by atoms with Crippen LogP contribution in [-0.2, 0) is 0 Å². The molecule has 1 aromatic heterocycles. The number of aromatic amines is 1. The number of likely N-dealkylation sites (N-methyl/N-ethyl adjacent to an activating group) is 1. The smallest absolute Gasteiger partial charge is 0.293 e. The van der Waals surface area contributed by atoms with Gasteiger partial charge in [-0.1, -0.05) is 0 Å². The van der Waals surface area contributed by atoms with Gasteiger partial charge in [0.2, 0.25) is 5.82 Å². The van der Waals surface area contributed by atoms with Gasteiger partial charge in [-0.05, 0) is 6.92 Å². The number of aryl methyl sites for hydroxylation is 1. The molecular formula is C9H15N5O2. The summed E-state index contributed by atoms with van der Waals surface area (Å²) in [7, 11) is 1.65. The molecule has 0 aliphatic carbocycles. The SMILES string of the molecule is Cc1nc(C(=O)N(C)[C@@H]2CNC[C@H]2O)n[nH]1. The monoisotopic (exact) mass is 225 g/mol. The van der Waals surface area contributed by atoms with Crippen molar-refractivity contribution in [2.24, 2.45) is 0 Å². The number of aromatic nitrogens is 3. The minimum atomic E-state index is -0.533. The van der Waals surface area contributed by atoms with Gasteiger partial charge in [-0.3, -0.25) is 9.89 Å². The van der Waals surface area contributed by atoms with E-state index in [2.05, 4.69) is 20.5 Å². The first-order valence-corrected chi connectivity index (χ1v) is 5.14. The second-order valence-corrected chi connectivity index (χ2v) is 3.95. The average molecular weight is 225 g/mol. The second kappa shape index (κ2) is 4.18. The zero-order valence-corrected chi connectivity index (χ0v) is 9.27. The van der Waals surface area contributed by atoms with Crippen LogP contribution in [0, 0.1) is 6.92 Å². The Morgan fingerprint density at radius 3 is 2.81 bits per heavy atom. The molecule has 2 heterocycles. The third kappa shape index (κ3) is 1.91. The summed E-state index contributed by atoms with van der Waals surface area (Å²) < 4.78 is 0. The number of β-amino-alcohol motifs (C(OH)–C–C–N with tert-alkyl or cyclic N) is 1. The molecule has 3 N–H and O–H groups in total. The van der Waals surface area contributed by atoms with Gasteiger partial charge in [0.05, 0.1) is 12.1 Å². The number of aliphatic hydroxyl groups is 1. The number of amides is 1. The van der Waals surface area contributed by atoms with Gasteiger partial charge in [0.25, 0.3) is 5.91 Å².